The van der Waals surface area contributed by atoms with Gasteiger partial charge in [-0.1, -0.05) is 54.0 Å². The Balaban J connectivity index is 1.80. The number of aromatic nitrogens is 1. The molecule has 0 saturated carbocycles. The molecule has 0 fully saturated rings. The van der Waals surface area contributed by atoms with Crippen molar-refractivity contribution in [2.24, 2.45) is 0 Å². The number of rotatable bonds is 6. The molecule has 2 aromatic carbocycles. The number of aryl methyl sites for hydroxylation is 2. The van der Waals surface area contributed by atoms with Crippen molar-refractivity contribution in [1.82, 2.24) is 5.16 Å². The Morgan fingerprint density at radius 3 is 2.54 bits per heavy atom. The second-order valence-corrected chi connectivity index (χ2v) is 6.52. The van der Waals surface area contributed by atoms with Crippen LogP contribution in [0.15, 0.2) is 47.0 Å². The molecule has 0 aliphatic carbocycles. The highest BCUT2D eigenvalue weighted by Gasteiger charge is 2.27. The molecule has 1 heterocycles. The van der Waals surface area contributed by atoms with Gasteiger partial charge >= 0.3 is 5.97 Å². The lowest BCUT2D eigenvalue weighted by Crippen LogP contribution is -2.15. The van der Waals surface area contributed by atoms with Gasteiger partial charge in [0, 0.05) is 5.56 Å². The average molecular weight is 402 g/mol. The maximum absolute atomic E-state index is 14.2. The maximum atomic E-state index is 14.2. The number of nitrogens with zero attached hydrogens (tertiary/aromatic N) is 1. The number of halogens is 2. The van der Waals surface area contributed by atoms with Crippen molar-refractivity contribution in [3.05, 3.63) is 75.8 Å². The Bertz CT molecular complexity index is 1010. The van der Waals surface area contributed by atoms with Gasteiger partial charge in [-0.25, -0.2) is 9.18 Å². The smallest absolute Gasteiger partial charge is 0.344 e. The standard InChI is InChI=1S/C21H17ClFNO4/c1-3-13-7-9-14(10-8-13)17(25)11-27-21(26)18-12(2)28-24-20(18)19-15(22)5-4-6-16(19)23/h4-10H,3,11H2,1-2H3. The van der Waals surface area contributed by atoms with Crippen molar-refractivity contribution in [2.75, 3.05) is 6.61 Å². The summed E-state index contributed by atoms with van der Waals surface area (Å²) in [6.45, 7) is 3.05. The molecule has 0 radical (unpaired) electrons. The first kappa shape index (κ1) is 19.8. The molecule has 3 aromatic rings. The number of esters is 1. The van der Waals surface area contributed by atoms with Gasteiger partial charge in [0.15, 0.2) is 12.4 Å². The molecule has 0 aliphatic rings. The van der Waals surface area contributed by atoms with Crippen LogP contribution in [-0.4, -0.2) is 23.5 Å². The number of carbonyl (C=O) groups is 2. The second kappa shape index (κ2) is 8.35. The van der Waals surface area contributed by atoms with Gasteiger partial charge in [0.05, 0.1) is 10.6 Å². The van der Waals surface area contributed by atoms with E-state index < -0.39 is 18.4 Å². The Morgan fingerprint density at radius 2 is 1.89 bits per heavy atom. The Kier molecular flexibility index (Phi) is 5.90. The highest BCUT2D eigenvalue weighted by Crippen LogP contribution is 2.33. The van der Waals surface area contributed by atoms with Crippen LogP contribution in [-0.2, 0) is 11.2 Å². The molecule has 1 aromatic heterocycles. The third-order valence-corrected chi connectivity index (χ3v) is 4.60. The van der Waals surface area contributed by atoms with Crippen molar-refractivity contribution >= 4 is 23.4 Å². The van der Waals surface area contributed by atoms with Gasteiger partial charge in [-0.3, -0.25) is 4.79 Å². The minimum Gasteiger partial charge on any atom is -0.454 e. The Morgan fingerprint density at radius 1 is 1.18 bits per heavy atom. The first-order chi connectivity index (χ1) is 13.4. The minimum atomic E-state index is -0.841. The van der Waals surface area contributed by atoms with Crippen LogP contribution in [0.4, 0.5) is 4.39 Å². The molecule has 0 spiro atoms. The molecule has 0 amide bonds. The predicted octanol–water partition coefficient (Wildman–Crippen LogP) is 5.04. The average Bonchev–Trinajstić information content (AvgIpc) is 3.07. The predicted molar refractivity (Wildman–Crippen MR) is 102 cm³/mol. The number of benzene rings is 2. The van der Waals surface area contributed by atoms with Crippen molar-refractivity contribution < 1.29 is 23.2 Å². The largest absolute Gasteiger partial charge is 0.454 e. The van der Waals surface area contributed by atoms with E-state index in [9.17, 15) is 14.0 Å². The van der Waals surface area contributed by atoms with Gasteiger partial charge in [-0.2, -0.15) is 0 Å². The van der Waals surface area contributed by atoms with Gasteiger partial charge in [0.1, 0.15) is 22.8 Å². The maximum Gasteiger partial charge on any atom is 0.344 e. The van der Waals surface area contributed by atoms with Crippen molar-refractivity contribution in [3.8, 4) is 11.3 Å². The molecule has 0 unspecified atom stereocenters. The van der Waals surface area contributed by atoms with E-state index in [1.54, 1.807) is 12.1 Å². The highest BCUT2D eigenvalue weighted by atomic mass is 35.5. The molecule has 144 valence electrons. The van der Waals surface area contributed by atoms with E-state index in [1.807, 2.05) is 19.1 Å². The van der Waals surface area contributed by atoms with E-state index in [0.717, 1.165) is 12.0 Å². The van der Waals surface area contributed by atoms with Crippen molar-refractivity contribution in [1.29, 1.82) is 0 Å². The van der Waals surface area contributed by atoms with E-state index in [0.29, 0.717) is 5.56 Å². The zero-order valence-electron chi connectivity index (χ0n) is 15.3. The van der Waals surface area contributed by atoms with E-state index in [2.05, 4.69) is 5.16 Å². The van der Waals surface area contributed by atoms with Crippen LogP contribution in [0.2, 0.25) is 5.02 Å². The number of hydrogen-bond acceptors (Lipinski definition) is 5. The van der Waals surface area contributed by atoms with Crippen LogP contribution in [0.3, 0.4) is 0 Å². The monoisotopic (exact) mass is 401 g/mol. The van der Waals surface area contributed by atoms with E-state index in [4.69, 9.17) is 20.9 Å². The number of carbonyl (C=O) groups excluding carboxylic acids is 2. The minimum absolute atomic E-state index is 0.0607. The molecule has 0 saturated heterocycles. The molecule has 0 N–H and O–H groups in total. The quantitative estimate of drug-likeness (QED) is 0.427. The summed E-state index contributed by atoms with van der Waals surface area (Å²) < 4.78 is 24.4. The Labute approximate surface area is 166 Å². The molecule has 0 aliphatic heterocycles. The molecule has 0 bridgehead atoms. The van der Waals surface area contributed by atoms with Gasteiger partial charge in [-0.15, -0.1) is 0 Å². The number of ether oxygens (including phenoxy) is 1. The van der Waals surface area contributed by atoms with E-state index >= 15 is 0 Å². The zero-order valence-corrected chi connectivity index (χ0v) is 16.0. The summed E-state index contributed by atoms with van der Waals surface area (Å²) in [5.41, 5.74) is 1.34. The summed E-state index contributed by atoms with van der Waals surface area (Å²) in [4.78, 5) is 24.8. The van der Waals surface area contributed by atoms with Crippen molar-refractivity contribution in [2.45, 2.75) is 20.3 Å². The highest BCUT2D eigenvalue weighted by molar-refractivity contribution is 6.33. The number of Topliss-reactive ketones (excluding diaryl/α,β-unsaturated/α-hetero) is 1. The molecule has 0 atom stereocenters. The molecular weight excluding hydrogens is 385 g/mol. The topological polar surface area (TPSA) is 69.4 Å². The summed E-state index contributed by atoms with van der Waals surface area (Å²) in [6, 6.07) is 11.2. The van der Waals surface area contributed by atoms with Gasteiger partial charge < -0.3 is 9.26 Å². The summed E-state index contributed by atoms with van der Waals surface area (Å²) in [5.74, 6) is -1.71. The first-order valence-electron chi connectivity index (χ1n) is 8.62. The molecule has 7 heteroatoms. The fraction of sp³-hybridized carbons (Fsp3) is 0.190. The summed E-state index contributed by atoms with van der Waals surface area (Å²) in [7, 11) is 0. The third kappa shape index (κ3) is 3.97. The van der Waals surface area contributed by atoms with Crippen LogP contribution < -0.4 is 0 Å². The normalized spacial score (nSPS) is 10.7. The zero-order chi connectivity index (χ0) is 20.3. The lowest BCUT2D eigenvalue weighted by atomic mass is 10.1. The van der Waals surface area contributed by atoms with Crippen molar-refractivity contribution in [3.63, 3.8) is 0 Å². The van der Waals surface area contributed by atoms with Crippen LogP contribution in [0.5, 0.6) is 0 Å². The molecule has 28 heavy (non-hydrogen) atoms. The lowest BCUT2D eigenvalue weighted by molar-refractivity contribution is 0.0473. The van der Waals surface area contributed by atoms with E-state index in [1.165, 1.54) is 25.1 Å². The molecule has 3 rings (SSSR count). The van der Waals surface area contributed by atoms with Gasteiger partial charge in [0.2, 0.25) is 0 Å². The van der Waals surface area contributed by atoms with Crippen LogP contribution in [0, 0.1) is 12.7 Å². The van der Waals surface area contributed by atoms with Crippen LogP contribution >= 0.6 is 11.6 Å². The van der Waals surface area contributed by atoms with Gasteiger partial charge in [0.25, 0.3) is 0 Å². The second-order valence-electron chi connectivity index (χ2n) is 6.11. The van der Waals surface area contributed by atoms with Crippen LogP contribution in [0.25, 0.3) is 11.3 Å². The summed E-state index contributed by atoms with van der Waals surface area (Å²) in [5, 5.41) is 3.83. The van der Waals surface area contributed by atoms with Gasteiger partial charge in [-0.05, 0) is 31.0 Å². The first-order valence-corrected chi connectivity index (χ1v) is 9.00. The lowest BCUT2D eigenvalue weighted by Gasteiger charge is -2.07. The molecule has 5 nitrogen and oxygen atoms in total. The number of hydrogen-bond donors (Lipinski definition) is 0. The van der Waals surface area contributed by atoms with E-state index in [-0.39, 0.29) is 33.4 Å². The molecular formula is C21H17ClFNO4. The van der Waals surface area contributed by atoms with Crippen LogP contribution in [0.1, 0.15) is 39.0 Å². The summed E-state index contributed by atoms with van der Waals surface area (Å²) in [6.07, 6.45) is 0.859. The fourth-order valence-corrected chi connectivity index (χ4v) is 2.97. The fourth-order valence-electron chi connectivity index (χ4n) is 2.72. The third-order valence-electron chi connectivity index (χ3n) is 4.28. The summed E-state index contributed by atoms with van der Waals surface area (Å²) >= 11 is 6.05. The SMILES string of the molecule is CCc1ccc(C(=O)COC(=O)c2c(-c3c(F)cccc3Cl)noc2C)cc1. The number of ketones is 1. The Hall–Kier alpha value is -2.99.